The van der Waals surface area contributed by atoms with Gasteiger partial charge in [0.1, 0.15) is 24.0 Å². The molecule has 0 radical (unpaired) electrons. The van der Waals surface area contributed by atoms with Crippen LogP contribution in [0.3, 0.4) is 0 Å². The molecule has 0 atom stereocenters. The average molecular weight is 1020 g/mol. The first kappa shape index (κ1) is 48.8. The van der Waals surface area contributed by atoms with Gasteiger partial charge in [0.05, 0.1) is 33.4 Å². The molecule has 78 heavy (non-hydrogen) atoms. The fourth-order valence-corrected chi connectivity index (χ4v) is 11.5. The zero-order valence-electron chi connectivity index (χ0n) is 46.1. The Bertz CT molecular complexity index is 4240. The van der Waals surface area contributed by atoms with Crippen molar-refractivity contribution in [2.45, 2.75) is 78.6 Å². The molecule has 0 bridgehead atoms. The van der Waals surface area contributed by atoms with Crippen LogP contribution in [0.25, 0.3) is 77.4 Å². The fraction of sp³-hybridized carbons (Fsp3) is 0.181. The van der Waals surface area contributed by atoms with E-state index >= 15 is 0 Å². The van der Waals surface area contributed by atoms with E-state index in [-0.39, 0.29) is 16.2 Å². The molecule has 0 saturated heterocycles. The number of rotatable bonds is 8. The number of pyridine rings is 1. The maximum absolute atomic E-state index is 6.89. The lowest BCUT2D eigenvalue weighted by atomic mass is 9.80. The maximum atomic E-state index is 6.89. The molecule has 6 nitrogen and oxygen atoms in total. The summed E-state index contributed by atoms with van der Waals surface area (Å²) in [4.78, 5) is 9.88. The van der Waals surface area contributed by atoms with Gasteiger partial charge in [0, 0.05) is 56.9 Å². The number of fused-ring (bicyclic) bond motifs is 7. The van der Waals surface area contributed by atoms with Gasteiger partial charge in [-0.05, 0) is 152 Å². The molecule has 0 N–H and O–H groups in total. The summed E-state index contributed by atoms with van der Waals surface area (Å²) in [6.45, 7) is 21.3. The van der Waals surface area contributed by atoms with Gasteiger partial charge in [0.15, 0.2) is 0 Å². The summed E-state index contributed by atoms with van der Waals surface area (Å²) < 4.78 is 11.6. The zero-order valence-corrected chi connectivity index (χ0v) is 46.1. The summed E-state index contributed by atoms with van der Waals surface area (Å²) in [5, 5.41) is 4.79. The van der Waals surface area contributed by atoms with Gasteiger partial charge in [-0.2, -0.15) is 0 Å². The molecular weight excluding hydrogens is 951 g/mol. The number of ether oxygens (including phenoxy) is 1. The Kier molecular flexibility index (Phi) is 11.5. The Labute approximate surface area is 458 Å². The average Bonchev–Trinajstić information content (AvgIpc) is 4.30. The van der Waals surface area contributed by atoms with Crippen molar-refractivity contribution in [3.05, 3.63) is 235 Å². The first-order valence-electron chi connectivity index (χ1n) is 27.4. The Morgan fingerprint density at radius 3 is 1.59 bits per heavy atom. The number of nitrogens with zero attached hydrogens (tertiary/aromatic N) is 5. The molecule has 0 amide bonds. The zero-order chi connectivity index (χ0) is 53.7. The molecule has 384 valence electrons. The number of benzene rings is 9. The van der Waals surface area contributed by atoms with Crippen LogP contribution >= 0.6 is 0 Å². The van der Waals surface area contributed by atoms with Gasteiger partial charge in [-0.1, -0.05) is 165 Å². The number of hydrogen-bond acceptors (Lipinski definition) is 4. The summed E-state index contributed by atoms with van der Waals surface area (Å²) in [6.07, 6.45) is 1.94. The minimum absolute atomic E-state index is 0.00764. The van der Waals surface area contributed by atoms with Crippen LogP contribution in [0.4, 0.5) is 22.7 Å². The van der Waals surface area contributed by atoms with Crippen molar-refractivity contribution in [3.8, 4) is 45.3 Å². The van der Waals surface area contributed by atoms with E-state index in [1.54, 1.807) is 0 Å². The lowest BCUT2D eigenvalue weighted by Gasteiger charge is -2.29. The van der Waals surface area contributed by atoms with E-state index in [2.05, 4.69) is 294 Å². The molecule has 1 aliphatic rings. The molecule has 0 fully saturated rings. The summed E-state index contributed by atoms with van der Waals surface area (Å²) in [7, 11) is 0. The van der Waals surface area contributed by atoms with E-state index in [4.69, 9.17) is 9.72 Å². The van der Waals surface area contributed by atoms with Crippen molar-refractivity contribution in [2.24, 2.45) is 0 Å². The number of para-hydroxylation sites is 4. The summed E-state index contributed by atoms with van der Waals surface area (Å²) in [5.41, 5.74) is 18.8. The quantitative estimate of drug-likeness (QED) is 0.152. The van der Waals surface area contributed by atoms with Crippen LogP contribution in [0.15, 0.2) is 219 Å². The van der Waals surface area contributed by atoms with Crippen molar-refractivity contribution in [2.75, 3.05) is 16.5 Å². The van der Waals surface area contributed by atoms with Gasteiger partial charge >= 0.3 is 0 Å². The third-order valence-corrected chi connectivity index (χ3v) is 15.9. The Hall–Kier alpha value is -8.87. The summed E-state index contributed by atoms with van der Waals surface area (Å²) in [5.74, 6) is 2.40. The van der Waals surface area contributed by atoms with Crippen LogP contribution in [-0.4, -0.2) is 20.8 Å². The van der Waals surface area contributed by atoms with Gasteiger partial charge < -0.3 is 19.1 Å². The number of anilines is 4. The molecule has 9 aromatic carbocycles. The smallest absolute Gasteiger partial charge is 0.137 e. The highest BCUT2D eigenvalue weighted by molar-refractivity contribution is 6.12. The molecule has 6 heteroatoms. The minimum Gasteiger partial charge on any atom is -0.457 e. The van der Waals surface area contributed by atoms with Crippen LogP contribution in [0.1, 0.15) is 79.0 Å². The first-order valence-corrected chi connectivity index (χ1v) is 27.4. The minimum atomic E-state index is -0.0557. The van der Waals surface area contributed by atoms with Crippen LogP contribution in [0, 0.1) is 0 Å². The van der Waals surface area contributed by atoms with Gasteiger partial charge in [-0.3, -0.25) is 4.57 Å². The van der Waals surface area contributed by atoms with Crippen molar-refractivity contribution >= 4 is 66.4 Å². The fourth-order valence-electron chi connectivity index (χ4n) is 11.5. The summed E-state index contributed by atoms with van der Waals surface area (Å²) in [6, 6.07) is 77.4. The maximum Gasteiger partial charge on any atom is 0.137 e. The normalized spacial score (nSPS) is 13.1. The van der Waals surface area contributed by atoms with E-state index in [0.29, 0.717) is 6.67 Å². The van der Waals surface area contributed by atoms with E-state index in [1.807, 2.05) is 6.20 Å². The SMILES string of the molecule is CC(C)(C)c1cc(N2CN(c3cccc(Oc4ccc5c6cc(-c7ccc(-c8ccc9c%10ccccc%10n(-c%10ccccc%10)c9c8)cc7)ccc6n(-c6cc(C(C)(C)C)ccn6)c5c4)c3)c3ccccc32)cc(C(C)(C)C)c1. The van der Waals surface area contributed by atoms with E-state index in [9.17, 15) is 0 Å². The summed E-state index contributed by atoms with van der Waals surface area (Å²) >= 11 is 0. The Balaban J connectivity index is 0.845. The van der Waals surface area contributed by atoms with E-state index in [0.717, 1.165) is 61.6 Å². The second-order valence-electron chi connectivity index (χ2n) is 24.3. The van der Waals surface area contributed by atoms with Crippen molar-refractivity contribution in [1.82, 2.24) is 14.1 Å². The molecule has 3 aromatic heterocycles. The molecule has 13 rings (SSSR count). The Morgan fingerprint density at radius 1 is 0.346 bits per heavy atom. The van der Waals surface area contributed by atoms with Crippen LogP contribution in [-0.2, 0) is 16.2 Å². The lowest BCUT2D eigenvalue weighted by Crippen LogP contribution is -2.25. The third-order valence-electron chi connectivity index (χ3n) is 15.9. The van der Waals surface area contributed by atoms with Gasteiger partial charge in [0.25, 0.3) is 0 Å². The Morgan fingerprint density at radius 2 is 0.885 bits per heavy atom. The standard InChI is InChI=1S/C72H65N5O/c1-70(2,3)51-36-37-73-69(43-51)77-64-35-31-49(47-26-28-48(29-27-47)50-30-33-60-59-22-13-14-23-63(59)76(67(60)39-50)54-18-11-10-12-19-54)38-62(64)61-34-32-58(45-68(61)77)78-57-21-17-20-55(44-57)74-46-75(66-25-16-15-24-65(66)74)56-41-52(71(4,5)6)40-53(42-56)72(7,8)9/h10-45H,46H2,1-9H3. The molecule has 0 saturated carbocycles. The molecule has 12 aromatic rings. The van der Waals surface area contributed by atoms with Crippen molar-refractivity contribution in [3.63, 3.8) is 0 Å². The predicted molar refractivity (Wildman–Crippen MR) is 328 cm³/mol. The van der Waals surface area contributed by atoms with Crippen molar-refractivity contribution < 1.29 is 4.74 Å². The topological polar surface area (TPSA) is 38.5 Å². The lowest BCUT2D eigenvalue weighted by molar-refractivity contribution is 0.483. The largest absolute Gasteiger partial charge is 0.457 e. The highest BCUT2D eigenvalue weighted by atomic mass is 16.5. The number of aromatic nitrogens is 3. The molecular formula is C72H65N5O. The highest BCUT2D eigenvalue weighted by Gasteiger charge is 2.31. The van der Waals surface area contributed by atoms with E-state index in [1.165, 1.54) is 66.7 Å². The van der Waals surface area contributed by atoms with Gasteiger partial charge in [-0.15, -0.1) is 0 Å². The van der Waals surface area contributed by atoms with Gasteiger partial charge in [0.2, 0.25) is 0 Å². The molecule has 0 spiro atoms. The van der Waals surface area contributed by atoms with Crippen LogP contribution < -0.4 is 14.5 Å². The second kappa shape index (κ2) is 18.4. The monoisotopic (exact) mass is 1020 g/mol. The molecule has 1 aliphatic heterocycles. The molecule has 4 heterocycles. The second-order valence-corrected chi connectivity index (χ2v) is 24.3. The van der Waals surface area contributed by atoms with Gasteiger partial charge in [-0.25, -0.2) is 4.98 Å². The van der Waals surface area contributed by atoms with Crippen molar-refractivity contribution in [1.29, 1.82) is 0 Å². The van der Waals surface area contributed by atoms with Crippen LogP contribution in [0.5, 0.6) is 11.5 Å². The van der Waals surface area contributed by atoms with E-state index < -0.39 is 0 Å². The molecule has 0 aliphatic carbocycles. The number of hydrogen-bond donors (Lipinski definition) is 0. The van der Waals surface area contributed by atoms with Crippen LogP contribution in [0.2, 0.25) is 0 Å². The third kappa shape index (κ3) is 8.66. The predicted octanol–water partition coefficient (Wildman–Crippen LogP) is 19.5. The first-order chi connectivity index (χ1) is 37.5. The highest BCUT2D eigenvalue weighted by Crippen LogP contribution is 2.47. The molecule has 0 unspecified atom stereocenters.